The zero-order chi connectivity index (χ0) is 25.7. The van der Waals surface area contributed by atoms with Gasteiger partial charge in [-0.1, -0.05) is 29.3 Å². The highest BCUT2D eigenvalue weighted by atomic mass is 35.5. The topological polar surface area (TPSA) is 110 Å². The van der Waals surface area contributed by atoms with E-state index in [-0.39, 0.29) is 40.8 Å². The van der Waals surface area contributed by atoms with Gasteiger partial charge in [-0.3, -0.25) is 19.7 Å². The second-order valence-corrected chi connectivity index (χ2v) is 8.71. The number of hydrogen-bond acceptors (Lipinski definition) is 5. The van der Waals surface area contributed by atoms with E-state index in [1.807, 2.05) is 0 Å². The summed E-state index contributed by atoms with van der Waals surface area (Å²) >= 11 is 12.2. The van der Waals surface area contributed by atoms with Gasteiger partial charge in [0.2, 0.25) is 0 Å². The van der Waals surface area contributed by atoms with Crippen LogP contribution in [0.5, 0.6) is 0 Å². The molecule has 8 nitrogen and oxygen atoms in total. The predicted molar refractivity (Wildman–Crippen MR) is 117 cm³/mol. The van der Waals surface area contributed by atoms with E-state index in [2.05, 4.69) is 9.72 Å². The number of esters is 1. The quantitative estimate of drug-likeness (QED) is 0.297. The fourth-order valence-corrected chi connectivity index (χ4v) is 4.16. The Labute approximate surface area is 204 Å². The normalized spacial score (nSPS) is 15.2. The molecule has 14 heteroatoms. The number of hydrogen-bond donors (Lipinski definition) is 2. The smallest absolute Gasteiger partial charge is 0.440 e. The number of amides is 1. The van der Waals surface area contributed by atoms with Gasteiger partial charge in [-0.15, -0.1) is 0 Å². The molecule has 3 heterocycles. The summed E-state index contributed by atoms with van der Waals surface area (Å²) in [6, 6.07) is 5.28. The molecular formula is C21H16Cl2F4N4O4. The maximum absolute atomic E-state index is 14.5. The number of nitrogens with one attached hydrogen (secondary N) is 1. The number of aromatic nitrogens is 2. The minimum absolute atomic E-state index is 0.118. The van der Waals surface area contributed by atoms with Crippen molar-refractivity contribution in [1.29, 1.82) is 0 Å². The summed E-state index contributed by atoms with van der Waals surface area (Å²) in [5.74, 6) is -4.66. The number of H-pyrrole nitrogens is 1. The zero-order valence-corrected chi connectivity index (χ0v) is 19.0. The molecule has 3 aromatic rings. The Kier molecular flexibility index (Phi) is 6.56. The van der Waals surface area contributed by atoms with Crippen LogP contribution in [0.2, 0.25) is 10.2 Å². The molecule has 0 saturated carbocycles. The number of ether oxygens (including phenoxy) is 1. The number of aromatic amines is 1. The summed E-state index contributed by atoms with van der Waals surface area (Å²) in [4.78, 5) is 39.5. The van der Waals surface area contributed by atoms with E-state index in [0.29, 0.717) is 11.3 Å². The number of carbonyl (C=O) groups excluding carboxylic acids is 2. The van der Waals surface area contributed by atoms with Gasteiger partial charge in [0.25, 0.3) is 11.5 Å². The van der Waals surface area contributed by atoms with E-state index < -0.39 is 41.6 Å². The molecule has 1 atom stereocenters. The molecule has 0 spiro atoms. The lowest BCUT2D eigenvalue weighted by atomic mass is 9.96. The molecule has 1 aliphatic heterocycles. The number of benzene rings is 1. The predicted octanol–water partition coefficient (Wildman–Crippen LogP) is 3.13. The Balaban J connectivity index is 1.49. The average Bonchev–Trinajstić information content (AvgIpc) is 3.05. The fraction of sp³-hybridized carbons (Fsp3) is 0.286. The van der Waals surface area contributed by atoms with E-state index in [1.54, 1.807) is 0 Å². The minimum Gasteiger partial charge on any atom is -0.440 e. The first kappa shape index (κ1) is 25.0. The van der Waals surface area contributed by atoms with Crippen molar-refractivity contribution in [3.63, 3.8) is 0 Å². The summed E-state index contributed by atoms with van der Waals surface area (Å²) < 4.78 is 57.0. The molecule has 1 fully saturated rings. The van der Waals surface area contributed by atoms with Crippen molar-refractivity contribution in [1.82, 2.24) is 14.3 Å². The van der Waals surface area contributed by atoms with E-state index in [9.17, 15) is 31.9 Å². The maximum Gasteiger partial charge on any atom is 0.490 e. The number of rotatable bonds is 5. The third-order valence-corrected chi connectivity index (χ3v) is 6.33. The van der Waals surface area contributed by atoms with Crippen LogP contribution in [0.15, 0.2) is 35.3 Å². The van der Waals surface area contributed by atoms with Crippen LogP contribution in [0.4, 0.5) is 17.6 Å². The number of halogens is 6. The first-order chi connectivity index (χ1) is 16.4. The minimum atomic E-state index is -5.19. The molecule has 4 rings (SSSR count). The lowest BCUT2D eigenvalue weighted by molar-refractivity contribution is -0.208. The van der Waals surface area contributed by atoms with Gasteiger partial charge < -0.3 is 14.6 Å². The molecule has 0 aliphatic carbocycles. The Bertz CT molecular complexity index is 1380. The lowest BCUT2D eigenvalue weighted by Crippen LogP contribution is -2.58. The summed E-state index contributed by atoms with van der Waals surface area (Å²) in [6.45, 7) is -0.236. The third kappa shape index (κ3) is 4.86. The van der Waals surface area contributed by atoms with Crippen molar-refractivity contribution in [3.05, 3.63) is 73.6 Å². The van der Waals surface area contributed by atoms with Crippen LogP contribution >= 0.6 is 23.2 Å². The number of nitrogens with two attached hydrogens (primary N) is 1. The van der Waals surface area contributed by atoms with Gasteiger partial charge in [0.15, 0.2) is 6.23 Å². The molecule has 1 aromatic carbocycles. The maximum atomic E-state index is 14.5. The first-order valence-electron chi connectivity index (χ1n) is 10.0. The van der Waals surface area contributed by atoms with Gasteiger partial charge in [0, 0.05) is 37.3 Å². The van der Waals surface area contributed by atoms with Gasteiger partial charge >= 0.3 is 12.1 Å². The van der Waals surface area contributed by atoms with Gasteiger partial charge in [-0.05, 0) is 23.8 Å². The third-order valence-electron chi connectivity index (χ3n) is 5.57. The molecule has 2 aromatic heterocycles. The van der Waals surface area contributed by atoms with Crippen molar-refractivity contribution in [2.45, 2.75) is 18.8 Å². The van der Waals surface area contributed by atoms with Crippen LogP contribution in [0.1, 0.15) is 21.6 Å². The number of alkyl halides is 3. The highest BCUT2D eigenvalue weighted by Gasteiger charge is 2.45. The van der Waals surface area contributed by atoms with E-state index in [4.69, 9.17) is 28.9 Å². The molecule has 0 radical (unpaired) electrons. The molecule has 1 saturated heterocycles. The molecule has 186 valence electrons. The van der Waals surface area contributed by atoms with Crippen LogP contribution in [0, 0.1) is 11.7 Å². The van der Waals surface area contributed by atoms with Crippen LogP contribution in [-0.2, 0) is 16.0 Å². The summed E-state index contributed by atoms with van der Waals surface area (Å²) in [6.07, 6.45) is -5.18. The molecule has 3 N–H and O–H groups in total. The molecule has 1 unspecified atom stereocenters. The summed E-state index contributed by atoms with van der Waals surface area (Å²) in [7, 11) is 0. The first-order valence-corrected chi connectivity index (χ1v) is 10.8. The van der Waals surface area contributed by atoms with Crippen LogP contribution < -0.4 is 11.3 Å². The second kappa shape index (κ2) is 9.17. The highest BCUT2D eigenvalue weighted by Crippen LogP contribution is 2.28. The Morgan fingerprint density at radius 3 is 2.57 bits per heavy atom. The Morgan fingerprint density at radius 1 is 1.23 bits per heavy atom. The van der Waals surface area contributed by atoms with Crippen molar-refractivity contribution in [2.75, 3.05) is 13.1 Å². The number of likely N-dealkylation sites (tertiary alicyclic amines) is 1. The molecule has 35 heavy (non-hydrogen) atoms. The van der Waals surface area contributed by atoms with Crippen LogP contribution in [0.3, 0.4) is 0 Å². The van der Waals surface area contributed by atoms with Crippen molar-refractivity contribution in [3.8, 4) is 0 Å². The summed E-state index contributed by atoms with van der Waals surface area (Å²) in [5.41, 5.74) is 6.05. The van der Waals surface area contributed by atoms with E-state index in [0.717, 1.165) is 6.07 Å². The van der Waals surface area contributed by atoms with Gasteiger partial charge in [-0.25, -0.2) is 9.18 Å². The standard InChI is InChI=1S/C21H16Cl2F4N4O4/c22-13-5-15-18(32)29-6-11(31(15)16(13)23)3-9-1-2-14(24)12(4-9)19(33)30-7-10(8-30)17(28)35-20(34)21(25,26)27/h1-2,4-6,10,17H,3,7-8,28H2,(H,29,32). The largest absolute Gasteiger partial charge is 0.490 e. The summed E-state index contributed by atoms with van der Waals surface area (Å²) in [5, 5.41) is 0.293. The zero-order valence-electron chi connectivity index (χ0n) is 17.5. The molecule has 1 amide bonds. The SMILES string of the molecule is NC(OC(=O)C(F)(F)F)C1CN(C(=O)c2cc(Cc3c[nH]c(=O)c4cc(Cl)c(Cl)n34)ccc2F)C1. The monoisotopic (exact) mass is 534 g/mol. The van der Waals surface area contributed by atoms with Gasteiger partial charge in [-0.2, -0.15) is 13.2 Å². The van der Waals surface area contributed by atoms with E-state index >= 15 is 0 Å². The van der Waals surface area contributed by atoms with Crippen LogP contribution in [0.25, 0.3) is 5.52 Å². The number of fused-ring (bicyclic) bond motifs is 1. The highest BCUT2D eigenvalue weighted by molar-refractivity contribution is 6.42. The molecular weight excluding hydrogens is 519 g/mol. The second-order valence-electron chi connectivity index (χ2n) is 7.94. The lowest BCUT2D eigenvalue weighted by Gasteiger charge is -2.41. The molecule has 1 aliphatic rings. The van der Waals surface area contributed by atoms with E-state index in [1.165, 1.54) is 33.7 Å². The van der Waals surface area contributed by atoms with Crippen molar-refractivity contribution >= 4 is 40.6 Å². The number of nitrogens with zero attached hydrogens (tertiary/aromatic N) is 2. The van der Waals surface area contributed by atoms with Gasteiger partial charge in [0.1, 0.15) is 16.5 Å². The van der Waals surface area contributed by atoms with Crippen molar-refractivity contribution in [2.24, 2.45) is 11.7 Å². The van der Waals surface area contributed by atoms with Crippen molar-refractivity contribution < 1.29 is 31.9 Å². The fourth-order valence-electron chi connectivity index (χ4n) is 3.72. The Morgan fingerprint density at radius 2 is 1.91 bits per heavy atom. The molecule has 0 bridgehead atoms. The van der Waals surface area contributed by atoms with Gasteiger partial charge in [0.05, 0.1) is 10.6 Å². The average molecular weight is 535 g/mol. The Hall–Kier alpha value is -3.09. The van der Waals surface area contributed by atoms with Crippen LogP contribution in [-0.4, -0.2) is 51.7 Å². The number of carbonyl (C=O) groups is 2.